The largest absolute Gasteiger partial charge is 0.143 e. The Balaban J connectivity index is 1.97. The van der Waals surface area contributed by atoms with Gasteiger partial charge in [-0.3, -0.25) is 0 Å². The van der Waals surface area contributed by atoms with E-state index in [9.17, 15) is 0 Å². The molecule has 0 atom stereocenters. The molecule has 21 heavy (non-hydrogen) atoms. The van der Waals surface area contributed by atoms with Gasteiger partial charge < -0.3 is 0 Å². The highest BCUT2D eigenvalue weighted by atomic mass is 32.1. The van der Waals surface area contributed by atoms with Crippen LogP contribution in [-0.2, 0) is 0 Å². The van der Waals surface area contributed by atoms with Crippen molar-refractivity contribution in [3.8, 4) is 22.3 Å². The Morgan fingerprint density at radius 1 is 0.524 bits per heavy atom. The molecule has 1 heteroatoms. The van der Waals surface area contributed by atoms with Crippen molar-refractivity contribution in [1.29, 1.82) is 0 Å². The first-order chi connectivity index (χ1) is 10.4. The van der Waals surface area contributed by atoms with Crippen LogP contribution in [0.2, 0.25) is 0 Å². The molecular formula is C20H14S. The van der Waals surface area contributed by atoms with E-state index >= 15 is 0 Å². The lowest BCUT2D eigenvalue weighted by Crippen LogP contribution is -1.82. The van der Waals surface area contributed by atoms with E-state index in [2.05, 4.69) is 84.2 Å². The van der Waals surface area contributed by atoms with Crippen molar-refractivity contribution in [1.82, 2.24) is 0 Å². The van der Waals surface area contributed by atoms with Crippen molar-refractivity contribution in [2.45, 2.75) is 0 Å². The van der Waals surface area contributed by atoms with Crippen molar-refractivity contribution in [2.75, 3.05) is 0 Å². The number of benzene rings is 3. The number of rotatable bonds is 2. The van der Waals surface area contributed by atoms with Gasteiger partial charge >= 0.3 is 0 Å². The second-order valence-electron chi connectivity index (χ2n) is 5.06. The predicted octanol–water partition coefficient (Wildman–Crippen LogP) is 6.24. The third kappa shape index (κ3) is 2.16. The van der Waals surface area contributed by atoms with E-state index in [0.29, 0.717) is 0 Å². The molecule has 1 heterocycles. The van der Waals surface area contributed by atoms with Crippen LogP contribution in [0.15, 0.2) is 84.2 Å². The molecule has 1 aromatic heterocycles. The highest BCUT2D eigenvalue weighted by molar-refractivity contribution is 7.17. The van der Waals surface area contributed by atoms with Crippen LogP contribution in [0.3, 0.4) is 0 Å². The fraction of sp³-hybridized carbons (Fsp3) is 0. The number of fused-ring (bicyclic) bond motifs is 1. The second-order valence-corrected chi connectivity index (χ2v) is 5.97. The van der Waals surface area contributed by atoms with Crippen LogP contribution < -0.4 is 0 Å². The monoisotopic (exact) mass is 286 g/mol. The molecule has 4 rings (SSSR count). The summed E-state index contributed by atoms with van der Waals surface area (Å²) >= 11 is 1.82. The van der Waals surface area contributed by atoms with Crippen LogP contribution in [0.4, 0.5) is 0 Å². The van der Waals surface area contributed by atoms with Crippen molar-refractivity contribution in [2.24, 2.45) is 0 Å². The first-order valence-electron chi connectivity index (χ1n) is 7.04. The van der Waals surface area contributed by atoms with E-state index in [1.54, 1.807) is 0 Å². The number of hydrogen-bond acceptors (Lipinski definition) is 1. The Labute approximate surface area is 128 Å². The van der Waals surface area contributed by atoms with Gasteiger partial charge in [-0.05, 0) is 33.7 Å². The zero-order valence-corrected chi connectivity index (χ0v) is 12.3. The normalized spacial score (nSPS) is 10.9. The van der Waals surface area contributed by atoms with E-state index in [1.807, 2.05) is 11.3 Å². The quantitative estimate of drug-likeness (QED) is 0.409. The van der Waals surface area contributed by atoms with E-state index in [0.717, 1.165) is 0 Å². The summed E-state index contributed by atoms with van der Waals surface area (Å²) in [7, 11) is 0. The topological polar surface area (TPSA) is 0 Å². The van der Waals surface area contributed by atoms with Gasteiger partial charge in [0.05, 0.1) is 0 Å². The second kappa shape index (κ2) is 5.19. The molecule has 0 N–H and O–H groups in total. The smallest absolute Gasteiger partial charge is 0.0427 e. The van der Waals surface area contributed by atoms with Crippen LogP contribution >= 0.6 is 11.3 Å². The van der Waals surface area contributed by atoms with E-state index in [4.69, 9.17) is 0 Å². The molecule has 0 unspecified atom stereocenters. The summed E-state index contributed by atoms with van der Waals surface area (Å²) < 4.78 is 1.36. The summed E-state index contributed by atoms with van der Waals surface area (Å²) in [5.41, 5.74) is 5.19. The molecule has 100 valence electrons. The first-order valence-corrected chi connectivity index (χ1v) is 7.92. The minimum Gasteiger partial charge on any atom is -0.143 e. The van der Waals surface area contributed by atoms with Crippen LogP contribution in [0, 0.1) is 0 Å². The SMILES string of the molecule is c1ccc(-c2ccc(-c3ccccc3)c3sccc23)cc1. The molecule has 4 aromatic rings. The van der Waals surface area contributed by atoms with Gasteiger partial charge in [-0.15, -0.1) is 11.3 Å². The molecule has 0 saturated heterocycles. The average molecular weight is 286 g/mol. The van der Waals surface area contributed by atoms with Gasteiger partial charge in [-0.25, -0.2) is 0 Å². The van der Waals surface area contributed by atoms with Gasteiger partial charge in [0.15, 0.2) is 0 Å². The fourth-order valence-corrected chi connectivity index (χ4v) is 3.73. The van der Waals surface area contributed by atoms with Crippen molar-refractivity contribution >= 4 is 21.4 Å². The lowest BCUT2D eigenvalue weighted by Gasteiger charge is -2.08. The van der Waals surface area contributed by atoms with E-state index in [1.165, 1.54) is 32.3 Å². The average Bonchev–Trinajstić information content (AvgIpc) is 3.05. The van der Waals surface area contributed by atoms with Crippen LogP contribution in [0.5, 0.6) is 0 Å². The summed E-state index contributed by atoms with van der Waals surface area (Å²) in [4.78, 5) is 0. The molecule has 0 nitrogen and oxygen atoms in total. The number of hydrogen-bond donors (Lipinski definition) is 0. The molecular weight excluding hydrogens is 272 g/mol. The standard InChI is InChI=1S/C20H14S/c1-3-7-15(8-4-1)17-11-12-18(16-9-5-2-6-10-16)20-19(17)13-14-21-20/h1-14H. The molecule has 0 aliphatic heterocycles. The maximum atomic E-state index is 2.25. The minimum absolute atomic E-state index is 1.28. The summed E-state index contributed by atoms with van der Waals surface area (Å²) in [5, 5.41) is 3.52. The minimum atomic E-state index is 1.28. The molecule has 0 bridgehead atoms. The van der Waals surface area contributed by atoms with Gasteiger partial charge in [-0.2, -0.15) is 0 Å². The Kier molecular flexibility index (Phi) is 3.06. The molecule has 0 fully saturated rings. The van der Waals surface area contributed by atoms with Gasteiger partial charge in [0.1, 0.15) is 0 Å². The van der Waals surface area contributed by atoms with Crippen molar-refractivity contribution in [3.05, 3.63) is 84.2 Å². The highest BCUT2D eigenvalue weighted by Crippen LogP contribution is 2.38. The summed E-state index contributed by atoms with van der Waals surface area (Å²) in [6, 6.07) is 27.9. The summed E-state index contributed by atoms with van der Waals surface area (Å²) in [5.74, 6) is 0. The Bertz CT molecular complexity index is 800. The first kappa shape index (κ1) is 12.4. The van der Waals surface area contributed by atoms with Crippen LogP contribution in [0.1, 0.15) is 0 Å². The molecule has 0 aliphatic carbocycles. The molecule has 0 spiro atoms. The van der Waals surface area contributed by atoms with E-state index in [-0.39, 0.29) is 0 Å². The molecule has 0 saturated carbocycles. The molecule has 0 amide bonds. The fourth-order valence-electron chi connectivity index (χ4n) is 2.78. The highest BCUT2D eigenvalue weighted by Gasteiger charge is 2.10. The van der Waals surface area contributed by atoms with Crippen molar-refractivity contribution in [3.63, 3.8) is 0 Å². The molecule has 3 aromatic carbocycles. The third-order valence-corrected chi connectivity index (χ3v) is 4.73. The van der Waals surface area contributed by atoms with E-state index < -0.39 is 0 Å². The van der Waals surface area contributed by atoms with Crippen LogP contribution in [0.25, 0.3) is 32.3 Å². The van der Waals surface area contributed by atoms with Crippen molar-refractivity contribution < 1.29 is 0 Å². The lowest BCUT2D eigenvalue weighted by molar-refractivity contribution is 1.64. The third-order valence-electron chi connectivity index (χ3n) is 3.79. The van der Waals surface area contributed by atoms with Gasteiger partial charge in [0.2, 0.25) is 0 Å². The molecule has 0 radical (unpaired) electrons. The van der Waals surface area contributed by atoms with Gasteiger partial charge in [-0.1, -0.05) is 72.8 Å². The predicted molar refractivity (Wildman–Crippen MR) is 92.7 cm³/mol. The zero-order valence-electron chi connectivity index (χ0n) is 11.5. The maximum Gasteiger partial charge on any atom is 0.0427 e. The number of thiophene rings is 1. The summed E-state index contributed by atoms with van der Waals surface area (Å²) in [6.07, 6.45) is 0. The Morgan fingerprint density at radius 3 is 1.76 bits per heavy atom. The van der Waals surface area contributed by atoms with Crippen LogP contribution in [-0.4, -0.2) is 0 Å². The Morgan fingerprint density at radius 2 is 1.10 bits per heavy atom. The lowest BCUT2D eigenvalue weighted by atomic mass is 9.97. The zero-order chi connectivity index (χ0) is 14.1. The van der Waals surface area contributed by atoms with Gasteiger partial charge in [0.25, 0.3) is 0 Å². The Hall–Kier alpha value is -2.38. The van der Waals surface area contributed by atoms with Gasteiger partial charge in [0, 0.05) is 10.1 Å². The molecule has 0 aliphatic rings. The maximum absolute atomic E-state index is 2.25. The summed E-state index contributed by atoms with van der Waals surface area (Å²) in [6.45, 7) is 0.